The Labute approximate surface area is 191 Å². The number of carbonyl (C=O) groups is 1. The van der Waals surface area contributed by atoms with Gasteiger partial charge in [0.05, 0.1) is 0 Å². The summed E-state index contributed by atoms with van der Waals surface area (Å²) in [5.74, 6) is 1.04. The van der Waals surface area contributed by atoms with Gasteiger partial charge < -0.3 is 15.2 Å². The van der Waals surface area contributed by atoms with Crippen molar-refractivity contribution >= 4 is 16.7 Å². The molecular formula is C28H35NO3. The van der Waals surface area contributed by atoms with Gasteiger partial charge in [-0.25, -0.2) is 4.79 Å². The van der Waals surface area contributed by atoms with E-state index in [1.807, 2.05) is 36.4 Å². The average Bonchev–Trinajstić information content (AvgIpc) is 2.70. The van der Waals surface area contributed by atoms with Crippen LogP contribution in [0.3, 0.4) is 0 Å². The van der Waals surface area contributed by atoms with Gasteiger partial charge in [-0.1, -0.05) is 62.7 Å². The maximum Gasteiger partial charge on any atom is 0.349 e. The fourth-order valence-corrected chi connectivity index (χ4v) is 3.96. The Hall–Kier alpha value is -2.85. The number of ether oxygens (including phenoxy) is 2. The molecule has 0 saturated carbocycles. The molecule has 4 nitrogen and oxygen atoms in total. The number of fused-ring (bicyclic) bond motifs is 1. The third-order valence-corrected chi connectivity index (χ3v) is 5.61. The number of nitrogens with two attached hydrogens (primary N) is 1. The molecule has 3 aromatic carbocycles. The van der Waals surface area contributed by atoms with Gasteiger partial charge in [0.1, 0.15) is 11.5 Å². The van der Waals surface area contributed by atoms with Crippen molar-refractivity contribution in [2.24, 2.45) is 11.1 Å². The van der Waals surface area contributed by atoms with Crippen molar-refractivity contribution < 1.29 is 14.3 Å². The third kappa shape index (κ3) is 6.57. The zero-order valence-electron chi connectivity index (χ0n) is 20.1. The van der Waals surface area contributed by atoms with Crippen LogP contribution in [0.1, 0.15) is 58.1 Å². The predicted molar refractivity (Wildman–Crippen MR) is 131 cm³/mol. The van der Waals surface area contributed by atoms with E-state index in [2.05, 4.69) is 59.7 Å². The summed E-state index contributed by atoms with van der Waals surface area (Å²) in [7, 11) is 0. The van der Waals surface area contributed by atoms with Crippen LogP contribution in [0.15, 0.2) is 60.7 Å². The molecule has 0 amide bonds. The molecule has 0 saturated heterocycles. The highest BCUT2D eigenvalue weighted by atomic mass is 16.6. The first-order valence-electron chi connectivity index (χ1n) is 11.1. The Morgan fingerprint density at radius 3 is 2.09 bits per heavy atom. The summed E-state index contributed by atoms with van der Waals surface area (Å²) in [5, 5.41) is 2.15. The van der Waals surface area contributed by atoms with E-state index in [1.165, 1.54) is 11.1 Å². The summed E-state index contributed by atoms with van der Waals surface area (Å²) in [4.78, 5) is 12.3. The molecule has 0 radical (unpaired) electrons. The first-order valence-corrected chi connectivity index (χ1v) is 11.1. The highest BCUT2D eigenvalue weighted by molar-refractivity contribution is 5.85. The number of aryl methyl sites for hydroxylation is 1. The van der Waals surface area contributed by atoms with Gasteiger partial charge in [0, 0.05) is 5.54 Å². The quantitative estimate of drug-likeness (QED) is 0.346. The van der Waals surface area contributed by atoms with Gasteiger partial charge in [-0.05, 0) is 79.1 Å². The topological polar surface area (TPSA) is 61.5 Å². The molecule has 1 atom stereocenters. The number of hydrogen-bond acceptors (Lipinski definition) is 4. The molecule has 32 heavy (non-hydrogen) atoms. The highest BCUT2D eigenvalue weighted by Crippen LogP contribution is 2.40. The Morgan fingerprint density at radius 1 is 0.875 bits per heavy atom. The maximum absolute atomic E-state index is 12.3. The highest BCUT2D eigenvalue weighted by Gasteiger charge is 2.30. The van der Waals surface area contributed by atoms with Crippen molar-refractivity contribution in [1.82, 2.24) is 0 Å². The van der Waals surface area contributed by atoms with Gasteiger partial charge >= 0.3 is 5.97 Å². The summed E-state index contributed by atoms with van der Waals surface area (Å²) in [6.45, 7) is 12.7. The van der Waals surface area contributed by atoms with Gasteiger partial charge in [-0.15, -0.1) is 0 Å². The van der Waals surface area contributed by atoms with Gasteiger partial charge in [0.2, 0.25) is 0 Å². The standard InChI is InChI=1S/C28H35NO3/c1-19-7-8-22-16-24(14-11-21(22)15-19)32-26(30)18-31-23-12-9-20(10-13-23)25(27(2,3)4)17-28(5,6)29/h7-16,25H,17-18,29H2,1-6H3. The van der Waals surface area contributed by atoms with E-state index in [1.54, 1.807) is 6.07 Å². The van der Waals surface area contributed by atoms with Crippen LogP contribution in [0.2, 0.25) is 0 Å². The Morgan fingerprint density at radius 2 is 1.47 bits per heavy atom. The molecule has 2 N–H and O–H groups in total. The van der Waals surface area contributed by atoms with Crippen LogP contribution in [-0.2, 0) is 4.79 Å². The second kappa shape index (κ2) is 9.33. The lowest BCUT2D eigenvalue weighted by atomic mass is 9.71. The average molecular weight is 434 g/mol. The smallest absolute Gasteiger partial charge is 0.349 e. The molecule has 0 aliphatic heterocycles. The van der Waals surface area contributed by atoms with Crippen molar-refractivity contribution in [3.8, 4) is 11.5 Å². The van der Waals surface area contributed by atoms with E-state index in [-0.39, 0.29) is 17.6 Å². The Bertz CT molecular complexity index is 1070. The second-order valence-corrected chi connectivity index (χ2v) is 10.5. The van der Waals surface area contributed by atoms with Gasteiger partial charge in [-0.2, -0.15) is 0 Å². The first-order chi connectivity index (χ1) is 14.9. The molecule has 170 valence electrons. The number of benzene rings is 3. The molecule has 0 aromatic heterocycles. The number of hydrogen-bond donors (Lipinski definition) is 1. The summed E-state index contributed by atoms with van der Waals surface area (Å²) >= 11 is 0. The monoisotopic (exact) mass is 433 g/mol. The SMILES string of the molecule is Cc1ccc2cc(OC(=O)COc3ccc(C(CC(C)(C)N)C(C)(C)C)cc3)ccc2c1. The minimum absolute atomic E-state index is 0.0847. The molecule has 0 bridgehead atoms. The lowest BCUT2D eigenvalue weighted by Crippen LogP contribution is -2.37. The summed E-state index contributed by atoms with van der Waals surface area (Å²) in [6.07, 6.45) is 0.883. The molecule has 0 aliphatic carbocycles. The molecule has 3 rings (SSSR count). The lowest BCUT2D eigenvalue weighted by Gasteiger charge is -2.36. The van der Waals surface area contributed by atoms with Crippen LogP contribution >= 0.6 is 0 Å². The van der Waals surface area contributed by atoms with E-state index in [9.17, 15) is 4.79 Å². The van der Waals surface area contributed by atoms with Crippen molar-refractivity contribution in [2.45, 2.75) is 59.4 Å². The Kier molecular flexibility index (Phi) is 6.94. The van der Waals surface area contributed by atoms with Gasteiger partial charge in [-0.3, -0.25) is 0 Å². The van der Waals surface area contributed by atoms with Crippen LogP contribution in [-0.4, -0.2) is 18.1 Å². The third-order valence-electron chi connectivity index (χ3n) is 5.61. The van der Waals surface area contributed by atoms with Crippen LogP contribution in [0.4, 0.5) is 0 Å². The minimum Gasteiger partial charge on any atom is -0.482 e. The van der Waals surface area contributed by atoms with Gasteiger partial charge in [0.15, 0.2) is 6.61 Å². The molecule has 3 aromatic rings. The van der Waals surface area contributed by atoms with Crippen LogP contribution in [0, 0.1) is 12.3 Å². The Balaban J connectivity index is 1.61. The molecule has 0 aliphatic rings. The maximum atomic E-state index is 12.3. The molecule has 0 heterocycles. The number of rotatable bonds is 7. The summed E-state index contributed by atoms with van der Waals surface area (Å²) in [5.41, 5.74) is 8.56. The molecule has 0 spiro atoms. The van der Waals surface area contributed by atoms with Crippen molar-refractivity contribution in [3.63, 3.8) is 0 Å². The number of esters is 1. The zero-order chi connectivity index (χ0) is 23.5. The fraction of sp³-hybridized carbons (Fsp3) is 0.393. The molecule has 1 unspecified atom stereocenters. The van der Waals surface area contributed by atoms with Crippen LogP contribution < -0.4 is 15.2 Å². The summed E-state index contributed by atoms with van der Waals surface area (Å²) < 4.78 is 11.1. The number of carbonyl (C=O) groups excluding carboxylic acids is 1. The normalized spacial score (nSPS) is 13.1. The van der Waals surface area contributed by atoms with Crippen molar-refractivity contribution in [2.75, 3.05) is 6.61 Å². The van der Waals surface area contributed by atoms with E-state index < -0.39 is 5.97 Å². The van der Waals surface area contributed by atoms with Crippen molar-refractivity contribution in [1.29, 1.82) is 0 Å². The van der Waals surface area contributed by atoms with E-state index in [0.29, 0.717) is 17.4 Å². The molecule has 0 fully saturated rings. The summed E-state index contributed by atoms with van der Waals surface area (Å²) in [6, 6.07) is 19.7. The fourth-order valence-electron chi connectivity index (χ4n) is 3.96. The van der Waals surface area contributed by atoms with E-state index in [4.69, 9.17) is 15.2 Å². The predicted octanol–water partition coefficient (Wildman–Crippen LogP) is 6.39. The van der Waals surface area contributed by atoms with E-state index in [0.717, 1.165) is 17.2 Å². The van der Waals surface area contributed by atoms with E-state index >= 15 is 0 Å². The molecule has 4 heteroatoms. The van der Waals surface area contributed by atoms with Crippen molar-refractivity contribution in [3.05, 3.63) is 71.8 Å². The lowest BCUT2D eigenvalue weighted by molar-refractivity contribution is -0.136. The first kappa shape index (κ1) is 23.8. The molecular weight excluding hydrogens is 398 g/mol. The largest absolute Gasteiger partial charge is 0.482 e. The second-order valence-electron chi connectivity index (χ2n) is 10.5. The van der Waals surface area contributed by atoms with Gasteiger partial charge in [0.25, 0.3) is 0 Å². The van der Waals surface area contributed by atoms with Crippen LogP contribution in [0.5, 0.6) is 11.5 Å². The minimum atomic E-state index is -0.432. The zero-order valence-corrected chi connectivity index (χ0v) is 20.1. The van der Waals surface area contributed by atoms with Crippen LogP contribution in [0.25, 0.3) is 10.8 Å².